The van der Waals surface area contributed by atoms with Crippen LogP contribution in [0, 0.1) is 0 Å². The van der Waals surface area contributed by atoms with Crippen molar-refractivity contribution in [2.45, 2.75) is 24.4 Å². The minimum Gasteiger partial charge on any atom is -0.394 e. The lowest BCUT2D eigenvalue weighted by Gasteiger charge is -2.25. The molecule has 0 saturated heterocycles. The van der Waals surface area contributed by atoms with Crippen molar-refractivity contribution in [1.82, 2.24) is 0 Å². The second-order valence-corrected chi connectivity index (χ2v) is 3.12. The van der Waals surface area contributed by atoms with Gasteiger partial charge in [-0.2, -0.15) is 0 Å². The highest BCUT2D eigenvalue weighted by Crippen LogP contribution is 2.05. The van der Waals surface area contributed by atoms with E-state index in [9.17, 15) is 15.3 Å². The van der Waals surface area contributed by atoms with Crippen molar-refractivity contribution in [2.24, 2.45) is 0 Å². The van der Waals surface area contributed by atoms with Gasteiger partial charge in [-0.3, -0.25) is 0 Å². The Labute approximate surface area is 88.1 Å². The van der Waals surface area contributed by atoms with E-state index in [4.69, 9.17) is 14.9 Å². The summed E-state index contributed by atoms with van der Waals surface area (Å²) in [7, 11) is 0. The molecule has 0 aromatic carbocycles. The van der Waals surface area contributed by atoms with Gasteiger partial charge in [-0.15, -0.1) is 6.58 Å². The zero-order valence-electron chi connectivity index (χ0n) is 8.36. The van der Waals surface area contributed by atoms with Gasteiger partial charge < -0.3 is 30.3 Å². The second kappa shape index (κ2) is 7.75. The normalized spacial score (nSPS) is 19.3. The first kappa shape index (κ1) is 14.5. The van der Waals surface area contributed by atoms with E-state index < -0.39 is 31.0 Å². The van der Waals surface area contributed by atoms with Crippen LogP contribution in [0.2, 0.25) is 0 Å². The average Bonchev–Trinajstić information content (AvgIpc) is 2.26. The first-order valence-electron chi connectivity index (χ1n) is 4.56. The van der Waals surface area contributed by atoms with Gasteiger partial charge in [0, 0.05) is 0 Å². The molecule has 0 heterocycles. The van der Waals surface area contributed by atoms with E-state index in [1.165, 1.54) is 6.08 Å². The smallest absolute Gasteiger partial charge is 0.111 e. The number of hydrogen-bond acceptors (Lipinski definition) is 6. The monoisotopic (exact) mass is 222 g/mol. The molecule has 6 heteroatoms. The van der Waals surface area contributed by atoms with Crippen molar-refractivity contribution < 1.29 is 30.3 Å². The Morgan fingerprint density at radius 2 is 1.60 bits per heavy atom. The first-order chi connectivity index (χ1) is 7.04. The summed E-state index contributed by atoms with van der Waals surface area (Å²) in [6, 6.07) is 0. The van der Waals surface area contributed by atoms with Crippen LogP contribution < -0.4 is 0 Å². The molecule has 0 aromatic rings. The molecule has 0 aliphatic rings. The quantitative estimate of drug-likeness (QED) is 0.232. The minimum atomic E-state index is -1.61. The topological polar surface area (TPSA) is 110 Å². The molecule has 0 fully saturated rings. The predicted molar refractivity (Wildman–Crippen MR) is 52.1 cm³/mol. The standard InChI is InChI=1S/C9H18O6/c1-2-3-15-5-7(12)9(14)8(13)6(11)4-10/h2,6-14H,1,3-5H2/t6-,7-,8-,9-/m1/s1. The summed E-state index contributed by atoms with van der Waals surface area (Å²) in [4.78, 5) is 0. The third-order valence-electron chi connectivity index (χ3n) is 1.85. The molecule has 0 amide bonds. The molecular formula is C9H18O6. The van der Waals surface area contributed by atoms with Gasteiger partial charge in [0.1, 0.15) is 24.4 Å². The number of aliphatic hydroxyl groups excluding tert-OH is 5. The van der Waals surface area contributed by atoms with E-state index in [2.05, 4.69) is 6.58 Å². The SMILES string of the molecule is C=CCOC[C@@H](O)[C@@H](O)[C@H](O)[C@H](O)CO. The summed E-state index contributed by atoms with van der Waals surface area (Å²) in [5.74, 6) is 0. The summed E-state index contributed by atoms with van der Waals surface area (Å²) in [5.41, 5.74) is 0. The second-order valence-electron chi connectivity index (χ2n) is 3.12. The zero-order valence-corrected chi connectivity index (χ0v) is 8.36. The summed E-state index contributed by atoms with van der Waals surface area (Å²) in [6.45, 7) is 2.71. The van der Waals surface area contributed by atoms with E-state index in [-0.39, 0.29) is 13.2 Å². The zero-order chi connectivity index (χ0) is 11.8. The van der Waals surface area contributed by atoms with Crippen LogP contribution in [0.25, 0.3) is 0 Å². The van der Waals surface area contributed by atoms with Crippen LogP contribution >= 0.6 is 0 Å². The Kier molecular flexibility index (Phi) is 7.49. The lowest BCUT2D eigenvalue weighted by molar-refractivity contribution is -0.127. The van der Waals surface area contributed by atoms with E-state index in [1.807, 2.05) is 0 Å². The Hall–Kier alpha value is -0.500. The number of hydrogen-bond donors (Lipinski definition) is 5. The maximum absolute atomic E-state index is 9.31. The highest BCUT2D eigenvalue weighted by atomic mass is 16.5. The summed E-state index contributed by atoms with van der Waals surface area (Å²) in [5, 5.41) is 45.3. The van der Waals surface area contributed by atoms with Crippen molar-refractivity contribution in [2.75, 3.05) is 19.8 Å². The molecule has 4 atom stereocenters. The van der Waals surface area contributed by atoms with Crippen LogP contribution in [0.3, 0.4) is 0 Å². The maximum atomic E-state index is 9.31. The van der Waals surface area contributed by atoms with Crippen molar-refractivity contribution in [1.29, 1.82) is 0 Å². The third-order valence-corrected chi connectivity index (χ3v) is 1.85. The summed E-state index contributed by atoms with van der Waals surface area (Å²) in [6.07, 6.45) is -4.54. The lowest BCUT2D eigenvalue weighted by atomic mass is 10.0. The molecule has 0 saturated carbocycles. The van der Waals surface area contributed by atoms with Crippen LogP contribution in [-0.2, 0) is 4.74 Å². The fourth-order valence-corrected chi connectivity index (χ4v) is 0.934. The van der Waals surface area contributed by atoms with Crippen LogP contribution in [0.1, 0.15) is 0 Å². The fourth-order valence-electron chi connectivity index (χ4n) is 0.934. The first-order valence-corrected chi connectivity index (χ1v) is 4.56. The molecule has 0 radical (unpaired) electrons. The molecule has 0 aliphatic carbocycles. The highest BCUT2D eigenvalue weighted by Gasteiger charge is 2.29. The molecule has 6 nitrogen and oxygen atoms in total. The maximum Gasteiger partial charge on any atom is 0.111 e. The Morgan fingerprint density at radius 3 is 2.07 bits per heavy atom. The molecule has 15 heavy (non-hydrogen) atoms. The predicted octanol–water partition coefficient (Wildman–Crippen LogP) is -2.38. The molecule has 0 aliphatic heterocycles. The van der Waals surface area contributed by atoms with Gasteiger partial charge in [0.05, 0.1) is 19.8 Å². The highest BCUT2D eigenvalue weighted by molar-refractivity contribution is 4.80. The number of ether oxygens (including phenoxy) is 1. The minimum absolute atomic E-state index is 0.192. The molecule has 0 unspecified atom stereocenters. The molecule has 0 spiro atoms. The fraction of sp³-hybridized carbons (Fsp3) is 0.778. The van der Waals surface area contributed by atoms with E-state index in [0.717, 1.165) is 0 Å². The summed E-state index contributed by atoms with van der Waals surface area (Å²) >= 11 is 0. The van der Waals surface area contributed by atoms with Crippen LogP contribution in [-0.4, -0.2) is 69.8 Å². The van der Waals surface area contributed by atoms with Crippen molar-refractivity contribution in [3.8, 4) is 0 Å². The Morgan fingerprint density at radius 1 is 1.07 bits per heavy atom. The molecule has 90 valence electrons. The van der Waals surface area contributed by atoms with Gasteiger partial charge in [-0.05, 0) is 0 Å². The van der Waals surface area contributed by atoms with Crippen molar-refractivity contribution in [3.63, 3.8) is 0 Å². The van der Waals surface area contributed by atoms with Gasteiger partial charge in [0.15, 0.2) is 0 Å². The van der Waals surface area contributed by atoms with Gasteiger partial charge in [0.2, 0.25) is 0 Å². The lowest BCUT2D eigenvalue weighted by Crippen LogP contribution is -2.47. The number of rotatable bonds is 8. The van der Waals surface area contributed by atoms with Gasteiger partial charge in [-0.25, -0.2) is 0 Å². The van der Waals surface area contributed by atoms with Gasteiger partial charge in [-0.1, -0.05) is 6.08 Å². The van der Waals surface area contributed by atoms with Crippen LogP contribution in [0.4, 0.5) is 0 Å². The van der Waals surface area contributed by atoms with Crippen molar-refractivity contribution >= 4 is 0 Å². The number of aliphatic hydroxyl groups is 5. The molecule has 0 bridgehead atoms. The largest absolute Gasteiger partial charge is 0.394 e. The Bertz CT molecular complexity index is 174. The van der Waals surface area contributed by atoms with Crippen LogP contribution in [0.15, 0.2) is 12.7 Å². The summed E-state index contributed by atoms with van der Waals surface area (Å²) < 4.78 is 4.85. The molecule has 0 rings (SSSR count). The van der Waals surface area contributed by atoms with E-state index in [1.54, 1.807) is 0 Å². The van der Waals surface area contributed by atoms with Crippen LogP contribution in [0.5, 0.6) is 0 Å². The molecule has 0 aromatic heterocycles. The Balaban J connectivity index is 3.95. The molecule has 5 N–H and O–H groups in total. The van der Waals surface area contributed by atoms with E-state index >= 15 is 0 Å². The van der Waals surface area contributed by atoms with Gasteiger partial charge >= 0.3 is 0 Å². The third kappa shape index (κ3) is 5.22. The molecular weight excluding hydrogens is 204 g/mol. The van der Waals surface area contributed by atoms with Crippen molar-refractivity contribution in [3.05, 3.63) is 12.7 Å². The average molecular weight is 222 g/mol. The van der Waals surface area contributed by atoms with Gasteiger partial charge in [0.25, 0.3) is 0 Å². The van der Waals surface area contributed by atoms with E-state index in [0.29, 0.717) is 0 Å².